The fraction of sp³-hybridized carbons (Fsp3) is 0.238. The van der Waals surface area contributed by atoms with Gasteiger partial charge in [-0.3, -0.25) is 9.56 Å². The lowest BCUT2D eigenvalue weighted by Gasteiger charge is -2.11. The quantitative estimate of drug-likeness (QED) is 0.331. The summed E-state index contributed by atoms with van der Waals surface area (Å²) in [6.07, 6.45) is 2.57. The Labute approximate surface area is 190 Å². The van der Waals surface area contributed by atoms with Gasteiger partial charge in [-0.25, -0.2) is 4.98 Å². The van der Waals surface area contributed by atoms with Crippen LogP contribution in [0.1, 0.15) is 44.3 Å². The molecule has 5 nitrogen and oxygen atoms in total. The van der Waals surface area contributed by atoms with E-state index in [1.807, 2.05) is 18.5 Å². The van der Waals surface area contributed by atoms with Crippen molar-refractivity contribution in [3.63, 3.8) is 0 Å². The van der Waals surface area contributed by atoms with Crippen LogP contribution in [-0.4, -0.2) is 25.5 Å². The number of nitrogens with zero attached hydrogens (tertiary/aromatic N) is 5. The summed E-state index contributed by atoms with van der Waals surface area (Å²) < 4.78 is 3.41. The molecule has 0 radical (unpaired) electrons. The van der Waals surface area contributed by atoms with Crippen LogP contribution in [0, 0.1) is 24.3 Å². The highest BCUT2D eigenvalue weighted by Gasteiger charge is 2.31. The third kappa shape index (κ3) is 3.27. The average Bonchev–Trinajstić information content (AvgIpc) is 3.39. The summed E-state index contributed by atoms with van der Waals surface area (Å²) in [5, 5.41) is 13.2. The summed E-state index contributed by atoms with van der Waals surface area (Å²) in [6.45, 7) is 6.38. The molecule has 0 bridgehead atoms. The Morgan fingerprint density at radius 2 is 1.90 bits per heavy atom. The highest BCUT2D eigenvalue weighted by atomic mass is 127. The van der Waals surface area contributed by atoms with E-state index in [0.29, 0.717) is 0 Å². The molecule has 1 aromatic carbocycles. The number of aryl methyl sites for hydroxylation is 2. The zero-order chi connectivity index (χ0) is 20.1. The largest absolute Gasteiger partial charge is 0.272 e. The maximum absolute atomic E-state index is 5.28. The van der Waals surface area contributed by atoms with Gasteiger partial charge in [0.2, 0.25) is 0 Å². The molecule has 0 unspecified atom stereocenters. The lowest BCUT2D eigenvalue weighted by atomic mass is 10.00. The van der Waals surface area contributed by atoms with Crippen molar-refractivity contribution in [3.8, 4) is 5.00 Å². The number of thiazole rings is 1. The van der Waals surface area contributed by atoms with E-state index in [1.54, 1.807) is 22.7 Å². The second-order valence-corrected chi connectivity index (χ2v) is 10.5. The number of rotatable bonds is 3. The standard InChI is InChI=1S/C21H18IN5S2/c1-11-12(2)29-21-18(11)19(14-4-6-15(22)7-5-14)24-16(10-17-23-8-9-28-17)20-26-25-13(3)27(20)21/h4-9,16H,10H2,1-3H3/t16-/m0/s1. The van der Waals surface area contributed by atoms with Crippen LogP contribution in [0.2, 0.25) is 0 Å². The molecule has 146 valence electrons. The second-order valence-electron chi connectivity index (χ2n) is 7.03. The lowest BCUT2D eigenvalue weighted by molar-refractivity contribution is 0.655. The van der Waals surface area contributed by atoms with E-state index in [0.717, 1.165) is 39.4 Å². The Bertz CT molecular complexity index is 1220. The summed E-state index contributed by atoms with van der Waals surface area (Å²) in [6, 6.07) is 8.47. The van der Waals surface area contributed by atoms with Gasteiger partial charge < -0.3 is 0 Å². The van der Waals surface area contributed by atoms with Gasteiger partial charge in [0.1, 0.15) is 16.9 Å². The first kappa shape index (κ1) is 19.1. The monoisotopic (exact) mass is 531 g/mol. The summed E-state index contributed by atoms with van der Waals surface area (Å²) in [5.74, 6) is 1.78. The van der Waals surface area contributed by atoms with Crippen molar-refractivity contribution in [2.75, 3.05) is 0 Å². The Balaban J connectivity index is 1.78. The average molecular weight is 531 g/mol. The van der Waals surface area contributed by atoms with E-state index in [4.69, 9.17) is 4.99 Å². The molecule has 8 heteroatoms. The number of benzene rings is 1. The van der Waals surface area contributed by atoms with E-state index >= 15 is 0 Å². The molecule has 1 atom stereocenters. The maximum Gasteiger partial charge on any atom is 0.163 e. The van der Waals surface area contributed by atoms with Crippen molar-refractivity contribution in [1.29, 1.82) is 0 Å². The van der Waals surface area contributed by atoms with Crippen molar-refractivity contribution >= 4 is 51.0 Å². The Morgan fingerprint density at radius 3 is 2.62 bits per heavy atom. The number of aliphatic imine (C=N–C) groups is 1. The molecule has 0 N–H and O–H groups in total. The first-order valence-electron chi connectivity index (χ1n) is 9.27. The van der Waals surface area contributed by atoms with Crippen LogP contribution in [0.3, 0.4) is 0 Å². The number of thiophene rings is 1. The normalized spacial score (nSPS) is 15.6. The molecular formula is C21H18IN5S2. The van der Waals surface area contributed by atoms with Gasteiger partial charge in [0.15, 0.2) is 5.82 Å². The number of aromatic nitrogens is 4. The molecule has 4 aromatic rings. The van der Waals surface area contributed by atoms with Crippen LogP contribution < -0.4 is 0 Å². The minimum Gasteiger partial charge on any atom is -0.272 e. The van der Waals surface area contributed by atoms with Gasteiger partial charge in [-0.15, -0.1) is 32.9 Å². The zero-order valence-electron chi connectivity index (χ0n) is 16.2. The number of hydrogen-bond acceptors (Lipinski definition) is 6. The summed E-state index contributed by atoms with van der Waals surface area (Å²) >= 11 is 5.79. The van der Waals surface area contributed by atoms with E-state index < -0.39 is 0 Å². The lowest BCUT2D eigenvalue weighted by Crippen LogP contribution is -2.09. The maximum atomic E-state index is 5.28. The first-order valence-corrected chi connectivity index (χ1v) is 12.0. The minimum absolute atomic E-state index is 0.129. The van der Waals surface area contributed by atoms with E-state index in [2.05, 4.69) is 80.5 Å². The number of hydrogen-bond donors (Lipinski definition) is 0. The minimum atomic E-state index is -0.129. The molecule has 1 aliphatic heterocycles. The fourth-order valence-corrected chi connectivity index (χ4v) is 5.88. The van der Waals surface area contributed by atoms with Crippen LogP contribution in [0.25, 0.3) is 5.00 Å². The van der Waals surface area contributed by atoms with Gasteiger partial charge in [0.05, 0.1) is 10.7 Å². The van der Waals surface area contributed by atoms with Gasteiger partial charge in [-0.2, -0.15) is 0 Å². The Morgan fingerprint density at radius 1 is 1.10 bits per heavy atom. The molecular weight excluding hydrogens is 513 g/mol. The van der Waals surface area contributed by atoms with Crippen LogP contribution in [0.4, 0.5) is 0 Å². The second kappa shape index (κ2) is 7.41. The van der Waals surface area contributed by atoms with Gasteiger partial charge >= 0.3 is 0 Å². The molecule has 29 heavy (non-hydrogen) atoms. The van der Waals surface area contributed by atoms with Gasteiger partial charge in [-0.05, 0) is 61.1 Å². The molecule has 1 aliphatic rings. The highest BCUT2D eigenvalue weighted by Crippen LogP contribution is 2.39. The SMILES string of the molecule is Cc1sc2c(c1C)C(c1ccc(I)cc1)=N[C@@H](Cc1nccs1)c1nnc(C)n1-2. The predicted octanol–water partition coefficient (Wildman–Crippen LogP) is 5.45. The Hall–Kier alpha value is -1.91. The number of halogens is 1. The molecule has 3 aromatic heterocycles. The van der Waals surface area contributed by atoms with Crippen molar-refractivity contribution in [2.45, 2.75) is 33.2 Å². The van der Waals surface area contributed by atoms with Gasteiger partial charge in [0.25, 0.3) is 0 Å². The molecule has 0 amide bonds. The first-order chi connectivity index (χ1) is 14.0. The molecule has 5 rings (SSSR count). The summed E-state index contributed by atoms with van der Waals surface area (Å²) in [7, 11) is 0. The smallest absolute Gasteiger partial charge is 0.163 e. The summed E-state index contributed by atoms with van der Waals surface area (Å²) in [4.78, 5) is 11.1. The molecule has 0 saturated carbocycles. The van der Waals surface area contributed by atoms with E-state index in [9.17, 15) is 0 Å². The van der Waals surface area contributed by atoms with E-state index in [1.165, 1.54) is 19.6 Å². The molecule has 0 fully saturated rings. The molecule has 0 aliphatic carbocycles. The fourth-order valence-electron chi connectivity index (χ4n) is 3.65. The van der Waals surface area contributed by atoms with Crippen molar-refractivity contribution in [2.24, 2.45) is 4.99 Å². The topological polar surface area (TPSA) is 56.0 Å². The molecule has 0 saturated heterocycles. The van der Waals surface area contributed by atoms with Crippen LogP contribution in [0.15, 0.2) is 40.8 Å². The third-order valence-corrected chi connectivity index (χ3v) is 7.92. The number of fused-ring (bicyclic) bond motifs is 3. The molecule has 4 heterocycles. The van der Waals surface area contributed by atoms with Crippen LogP contribution >= 0.6 is 45.3 Å². The zero-order valence-corrected chi connectivity index (χ0v) is 20.0. The highest BCUT2D eigenvalue weighted by molar-refractivity contribution is 14.1. The van der Waals surface area contributed by atoms with Crippen LogP contribution in [0.5, 0.6) is 0 Å². The molecule has 0 spiro atoms. The predicted molar refractivity (Wildman–Crippen MR) is 127 cm³/mol. The summed E-state index contributed by atoms with van der Waals surface area (Å²) in [5.41, 5.74) is 4.63. The van der Waals surface area contributed by atoms with Gasteiger partial charge in [-0.1, -0.05) is 12.1 Å². The van der Waals surface area contributed by atoms with Crippen molar-refractivity contribution in [3.05, 3.63) is 77.6 Å². The van der Waals surface area contributed by atoms with E-state index in [-0.39, 0.29) is 6.04 Å². The van der Waals surface area contributed by atoms with Crippen molar-refractivity contribution in [1.82, 2.24) is 19.7 Å². The van der Waals surface area contributed by atoms with Crippen molar-refractivity contribution < 1.29 is 0 Å². The third-order valence-electron chi connectivity index (χ3n) is 5.21. The van der Waals surface area contributed by atoms with Gasteiger partial charge in [0, 0.05) is 37.6 Å². The Kier molecular flexibility index (Phi) is 4.87. The van der Waals surface area contributed by atoms with Crippen LogP contribution in [-0.2, 0) is 6.42 Å².